The van der Waals surface area contributed by atoms with Crippen molar-refractivity contribution in [3.63, 3.8) is 0 Å². The molecule has 4 rings (SSSR count). The Bertz CT molecular complexity index is 728. The highest BCUT2D eigenvalue weighted by Gasteiger charge is 2.51. The number of para-hydroxylation sites is 1. The second kappa shape index (κ2) is 6.48. The standard InChI is InChI=1S/C18H24N6O/c1-25-12-18(13-6-5-7-13)10-24(11-18)17-22-15(19)21-16(23-17)20-14-8-3-2-4-9-14/h2-4,8-9,13H,5-7,10-12H2,1H3,(H3,19,20,21,22,23). The fourth-order valence-corrected chi connectivity index (χ4v) is 3.86. The van der Waals surface area contributed by atoms with Gasteiger partial charge in [0.1, 0.15) is 0 Å². The average molecular weight is 340 g/mol. The van der Waals surface area contributed by atoms with Crippen molar-refractivity contribution < 1.29 is 4.74 Å². The molecule has 0 amide bonds. The Labute approximate surface area is 147 Å². The van der Waals surface area contributed by atoms with E-state index in [1.165, 1.54) is 19.3 Å². The maximum absolute atomic E-state index is 5.90. The zero-order valence-electron chi connectivity index (χ0n) is 14.5. The highest BCUT2D eigenvalue weighted by molar-refractivity contribution is 5.55. The highest BCUT2D eigenvalue weighted by Crippen LogP contribution is 2.48. The Kier molecular flexibility index (Phi) is 4.17. The Morgan fingerprint density at radius 3 is 2.60 bits per heavy atom. The van der Waals surface area contributed by atoms with Crippen molar-refractivity contribution in [1.82, 2.24) is 15.0 Å². The summed E-state index contributed by atoms with van der Waals surface area (Å²) >= 11 is 0. The maximum Gasteiger partial charge on any atom is 0.233 e. The molecule has 1 saturated heterocycles. The quantitative estimate of drug-likeness (QED) is 0.835. The van der Waals surface area contributed by atoms with Gasteiger partial charge in [0, 0.05) is 31.3 Å². The minimum Gasteiger partial charge on any atom is -0.384 e. The van der Waals surface area contributed by atoms with Crippen LogP contribution in [0.5, 0.6) is 0 Å². The van der Waals surface area contributed by atoms with E-state index in [2.05, 4.69) is 25.2 Å². The van der Waals surface area contributed by atoms with Crippen LogP contribution in [0.25, 0.3) is 0 Å². The molecular formula is C18H24N6O. The third-order valence-electron chi connectivity index (χ3n) is 5.37. The number of hydrogen-bond acceptors (Lipinski definition) is 7. The number of aromatic nitrogens is 3. The minimum absolute atomic E-state index is 0.233. The van der Waals surface area contributed by atoms with Gasteiger partial charge in [0.15, 0.2) is 0 Å². The largest absolute Gasteiger partial charge is 0.384 e. The van der Waals surface area contributed by atoms with Crippen molar-refractivity contribution in [3.05, 3.63) is 30.3 Å². The van der Waals surface area contributed by atoms with Crippen molar-refractivity contribution >= 4 is 23.5 Å². The topological polar surface area (TPSA) is 89.2 Å². The van der Waals surface area contributed by atoms with Gasteiger partial charge in [-0.2, -0.15) is 15.0 Å². The second-order valence-electron chi connectivity index (χ2n) is 7.09. The van der Waals surface area contributed by atoms with Crippen LogP contribution in [0.4, 0.5) is 23.5 Å². The molecule has 0 unspecified atom stereocenters. The Balaban J connectivity index is 1.49. The second-order valence-corrected chi connectivity index (χ2v) is 7.09. The lowest BCUT2D eigenvalue weighted by molar-refractivity contribution is -0.0243. The first kappa shape index (κ1) is 16.1. The molecule has 7 nitrogen and oxygen atoms in total. The third-order valence-corrected chi connectivity index (χ3v) is 5.37. The molecule has 0 bridgehead atoms. The van der Waals surface area contributed by atoms with E-state index in [9.17, 15) is 0 Å². The molecule has 7 heteroatoms. The predicted octanol–water partition coefficient (Wildman–Crippen LogP) is 2.45. The fraction of sp³-hybridized carbons (Fsp3) is 0.500. The third kappa shape index (κ3) is 3.11. The summed E-state index contributed by atoms with van der Waals surface area (Å²) in [6.07, 6.45) is 3.94. The zero-order valence-corrected chi connectivity index (χ0v) is 14.5. The number of hydrogen-bond donors (Lipinski definition) is 2. The SMILES string of the molecule is COCC1(C2CCC2)CN(c2nc(N)nc(Nc3ccccc3)n2)C1. The van der Waals surface area contributed by atoms with E-state index < -0.39 is 0 Å². The van der Waals surface area contributed by atoms with Gasteiger partial charge < -0.3 is 20.7 Å². The van der Waals surface area contributed by atoms with Gasteiger partial charge in [-0.1, -0.05) is 24.6 Å². The number of benzene rings is 1. The van der Waals surface area contributed by atoms with Gasteiger partial charge >= 0.3 is 0 Å². The first-order valence-corrected chi connectivity index (χ1v) is 8.76. The van der Waals surface area contributed by atoms with Crippen LogP contribution >= 0.6 is 0 Å². The zero-order chi connectivity index (χ0) is 17.3. The smallest absolute Gasteiger partial charge is 0.233 e. The Hall–Kier alpha value is -2.41. The van der Waals surface area contributed by atoms with Gasteiger partial charge in [0.2, 0.25) is 17.8 Å². The first-order valence-electron chi connectivity index (χ1n) is 8.76. The van der Waals surface area contributed by atoms with Crippen LogP contribution < -0.4 is 16.0 Å². The Morgan fingerprint density at radius 2 is 1.96 bits per heavy atom. The van der Waals surface area contributed by atoms with E-state index in [4.69, 9.17) is 10.5 Å². The molecule has 1 aromatic carbocycles. The van der Waals surface area contributed by atoms with E-state index >= 15 is 0 Å². The summed E-state index contributed by atoms with van der Waals surface area (Å²) in [6, 6.07) is 9.81. The lowest BCUT2D eigenvalue weighted by Crippen LogP contribution is -2.64. The number of rotatable bonds is 6. The molecular weight excluding hydrogens is 316 g/mol. The number of nitrogens with zero attached hydrogens (tertiary/aromatic N) is 4. The molecule has 1 aromatic heterocycles. The van der Waals surface area contributed by atoms with E-state index in [1.807, 2.05) is 30.3 Å². The van der Waals surface area contributed by atoms with E-state index in [1.54, 1.807) is 7.11 Å². The van der Waals surface area contributed by atoms with Crippen LogP contribution in [-0.4, -0.2) is 41.8 Å². The van der Waals surface area contributed by atoms with Gasteiger partial charge in [-0.25, -0.2) is 0 Å². The van der Waals surface area contributed by atoms with Gasteiger partial charge in [0.05, 0.1) is 6.61 Å². The van der Waals surface area contributed by atoms with Gasteiger partial charge in [-0.3, -0.25) is 0 Å². The van der Waals surface area contributed by atoms with Gasteiger partial charge in [0.25, 0.3) is 0 Å². The van der Waals surface area contributed by atoms with Crippen LogP contribution in [0, 0.1) is 11.3 Å². The van der Waals surface area contributed by atoms with Crippen molar-refractivity contribution in [2.75, 3.05) is 42.8 Å². The average Bonchev–Trinajstić information content (AvgIpc) is 2.50. The predicted molar refractivity (Wildman–Crippen MR) is 97.8 cm³/mol. The number of methoxy groups -OCH3 is 1. The van der Waals surface area contributed by atoms with E-state index in [0.29, 0.717) is 11.9 Å². The molecule has 2 heterocycles. The number of nitrogen functional groups attached to an aromatic ring is 1. The molecule has 0 atom stereocenters. The summed E-state index contributed by atoms with van der Waals surface area (Å²) in [5.41, 5.74) is 7.06. The first-order chi connectivity index (χ1) is 12.2. The van der Waals surface area contributed by atoms with Crippen LogP contribution in [0.1, 0.15) is 19.3 Å². The summed E-state index contributed by atoms with van der Waals surface area (Å²) < 4.78 is 5.50. The summed E-state index contributed by atoms with van der Waals surface area (Å²) in [5, 5.41) is 3.19. The van der Waals surface area contributed by atoms with Crippen LogP contribution in [-0.2, 0) is 4.74 Å². The van der Waals surface area contributed by atoms with E-state index in [-0.39, 0.29) is 11.4 Å². The number of anilines is 4. The lowest BCUT2D eigenvalue weighted by atomic mass is 9.61. The van der Waals surface area contributed by atoms with Crippen LogP contribution in [0.15, 0.2) is 30.3 Å². The molecule has 2 aromatic rings. The maximum atomic E-state index is 5.90. The van der Waals surface area contributed by atoms with Gasteiger partial charge in [-0.05, 0) is 30.9 Å². The molecule has 2 aliphatic rings. The number of nitrogens with two attached hydrogens (primary N) is 1. The molecule has 1 saturated carbocycles. The van der Waals surface area contributed by atoms with Crippen molar-refractivity contribution in [1.29, 1.82) is 0 Å². The molecule has 2 fully saturated rings. The summed E-state index contributed by atoms with van der Waals surface area (Å²) in [5.74, 6) is 2.10. The fourth-order valence-electron chi connectivity index (χ4n) is 3.86. The summed E-state index contributed by atoms with van der Waals surface area (Å²) in [7, 11) is 1.78. The minimum atomic E-state index is 0.233. The van der Waals surface area contributed by atoms with Crippen LogP contribution in [0.3, 0.4) is 0 Å². The van der Waals surface area contributed by atoms with Crippen molar-refractivity contribution in [3.8, 4) is 0 Å². The lowest BCUT2D eigenvalue weighted by Gasteiger charge is -2.56. The molecule has 0 radical (unpaired) electrons. The molecule has 1 aliphatic heterocycles. The molecule has 1 aliphatic carbocycles. The monoisotopic (exact) mass is 340 g/mol. The molecule has 0 spiro atoms. The normalized spacial score (nSPS) is 19.2. The van der Waals surface area contributed by atoms with Crippen molar-refractivity contribution in [2.24, 2.45) is 11.3 Å². The van der Waals surface area contributed by atoms with Crippen LogP contribution in [0.2, 0.25) is 0 Å². The summed E-state index contributed by atoms with van der Waals surface area (Å²) in [6.45, 7) is 2.63. The molecule has 3 N–H and O–H groups in total. The van der Waals surface area contributed by atoms with E-state index in [0.717, 1.165) is 31.3 Å². The van der Waals surface area contributed by atoms with Gasteiger partial charge in [-0.15, -0.1) is 0 Å². The Morgan fingerprint density at radius 1 is 1.20 bits per heavy atom. The summed E-state index contributed by atoms with van der Waals surface area (Å²) in [4.78, 5) is 15.2. The van der Waals surface area contributed by atoms with Crippen molar-refractivity contribution in [2.45, 2.75) is 19.3 Å². The molecule has 132 valence electrons. The molecule has 25 heavy (non-hydrogen) atoms. The number of nitrogens with one attached hydrogen (secondary N) is 1. The highest BCUT2D eigenvalue weighted by atomic mass is 16.5. The number of ether oxygens (including phenoxy) is 1.